The monoisotopic (exact) mass is 1170 g/mol. The lowest BCUT2D eigenvalue weighted by atomic mass is 9.69. The second-order valence-corrected chi connectivity index (χ2v) is 24.4. The van der Waals surface area contributed by atoms with E-state index < -0.39 is 115 Å². The van der Waals surface area contributed by atoms with Crippen molar-refractivity contribution in [1.29, 1.82) is 0 Å². The van der Waals surface area contributed by atoms with Crippen LogP contribution in [0.15, 0.2) is 36.4 Å². The van der Waals surface area contributed by atoms with Gasteiger partial charge in [-0.3, -0.25) is 33.6 Å². The van der Waals surface area contributed by atoms with E-state index in [9.17, 15) is 63.9 Å². The van der Waals surface area contributed by atoms with Gasteiger partial charge in [-0.05, 0) is 129 Å². The fourth-order valence-electron chi connectivity index (χ4n) is 8.61. The number of hydrogen-bond donors (Lipinski definition) is 7. The summed E-state index contributed by atoms with van der Waals surface area (Å²) >= 11 is 6.86. The molecule has 7 N–H and O–H groups in total. The number of carbonyl (C=O) groups is 8. The van der Waals surface area contributed by atoms with Crippen molar-refractivity contribution >= 4 is 80.0 Å². The molecule has 2 aromatic rings. The summed E-state index contributed by atoms with van der Waals surface area (Å²) in [7, 11) is 0. The minimum Gasteiger partial charge on any atom is -0.504 e. The first-order valence-electron chi connectivity index (χ1n) is 24.2. The van der Waals surface area contributed by atoms with Gasteiger partial charge in [0.25, 0.3) is 6.47 Å². The predicted octanol–water partition coefficient (Wildman–Crippen LogP) is 7.18. The van der Waals surface area contributed by atoms with Crippen LogP contribution in [0.5, 0.6) is 23.0 Å². The number of hydrogen-bond acceptors (Lipinski definition) is 17. The molecule has 0 aliphatic carbocycles. The number of unbranched alkanes of at least 4 members (excludes halogenated alkanes) is 2. The zero-order valence-corrected chi connectivity index (χ0v) is 47.1. The third kappa shape index (κ3) is 19.6. The molecule has 0 fully saturated rings. The average Bonchev–Trinajstić information content (AvgIpc) is 3.29. The van der Waals surface area contributed by atoms with Crippen molar-refractivity contribution in [2.45, 2.75) is 154 Å². The Morgan fingerprint density at radius 1 is 0.554 bits per heavy atom. The van der Waals surface area contributed by atoms with Crippen LogP contribution in [0.3, 0.4) is 0 Å². The Bertz CT molecular complexity index is 2300. The van der Waals surface area contributed by atoms with Crippen LogP contribution in [-0.2, 0) is 74.9 Å². The lowest BCUT2D eigenvalue weighted by Crippen LogP contribution is -2.52. The zero-order chi connectivity index (χ0) is 56.5. The molecule has 0 aliphatic heterocycles. The Kier molecular flexibility index (Phi) is 24.2. The van der Waals surface area contributed by atoms with Crippen LogP contribution in [0.2, 0.25) is 0 Å². The van der Waals surface area contributed by atoms with Crippen LogP contribution in [0, 0.1) is 21.7 Å². The van der Waals surface area contributed by atoms with E-state index in [1.807, 2.05) is 13.8 Å². The largest absolute Gasteiger partial charge is 0.504 e. The van der Waals surface area contributed by atoms with E-state index in [0.717, 1.165) is 0 Å². The lowest BCUT2D eigenvalue weighted by molar-refractivity contribution is -0.170. The third-order valence-corrected chi connectivity index (χ3v) is 13.5. The molecule has 20 nitrogen and oxygen atoms in total. The fourth-order valence-corrected chi connectivity index (χ4v) is 10.1. The summed E-state index contributed by atoms with van der Waals surface area (Å²) in [6.07, 6.45) is 0.0188. The Morgan fingerprint density at radius 3 is 1.30 bits per heavy atom. The van der Waals surface area contributed by atoms with E-state index in [1.54, 1.807) is 6.92 Å². The molecule has 6 atom stereocenters. The van der Waals surface area contributed by atoms with Crippen molar-refractivity contribution in [2.24, 2.45) is 21.7 Å². The first-order chi connectivity index (χ1) is 34.2. The van der Waals surface area contributed by atoms with Gasteiger partial charge in [-0.25, -0.2) is 4.79 Å². The molecule has 414 valence electrons. The maximum Gasteiger partial charge on any atom is 0.326 e. The van der Waals surface area contributed by atoms with Gasteiger partial charge >= 0.3 is 29.8 Å². The molecule has 22 heteroatoms. The van der Waals surface area contributed by atoms with Crippen LogP contribution in [0.25, 0.3) is 0 Å². The molecule has 2 rings (SSSR count). The number of phenols is 4. The molecular formula is C52H74Br2N2O18. The number of phenolic OH excluding ortho intramolecular Hbond substituents is 4. The van der Waals surface area contributed by atoms with Gasteiger partial charge in [-0.1, -0.05) is 70.7 Å². The van der Waals surface area contributed by atoms with E-state index >= 15 is 0 Å². The molecule has 0 aliphatic rings. The quantitative estimate of drug-likeness (QED) is 0.00725. The number of aromatic hydroxyl groups is 4. The van der Waals surface area contributed by atoms with Gasteiger partial charge < -0.3 is 59.9 Å². The number of carbonyl (C=O) groups excluding carboxylic acids is 7. The highest BCUT2D eigenvalue weighted by molar-refractivity contribution is 9.10. The lowest BCUT2D eigenvalue weighted by Gasteiger charge is -2.38. The van der Waals surface area contributed by atoms with E-state index in [1.165, 1.54) is 84.9 Å². The standard InChI is InChI=1S/C52H74Br2N2O18/c1-11-13-19-70-45(68)49(7,29-51(9,53)41(64)55-34(40(62)63)23-32-15-17-35(58)37(60)24-32)27-47(3,4)43(66)72-21-22-73-44(67)48(5,6)28-50(8,46(69)71-20-14-12-2)30-52(10,54)42(65)56-39(74-31-57)26-33-16-18-36(59)38(61)25-33/h15-18,24-25,31,34,39,58-61H,11-14,19-23,26-30H2,1-10H3,(H,55,64)(H,56,65)(H,62,63). The van der Waals surface area contributed by atoms with Crippen LogP contribution < -0.4 is 10.6 Å². The number of halogens is 2. The van der Waals surface area contributed by atoms with Gasteiger partial charge in [-0.2, -0.15) is 0 Å². The molecule has 2 amide bonds. The second kappa shape index (κ2) is 27.8. The average molecular weight is 1170 g/mol. The molecule has 74 heavy (non-hydrogen) atoms. The van der Waals surface area contributed by atoms with Crippen molar-refractivity contribution in [2.75, 3.05) is 26.4 Å². The number of aliphatic carboxylic acids is 1. The zero-order valence-electron chi connectivity index (χ0n) is 43.9. The molecule has 0 aromatic heterocycles. The fraction of sp³-hybridized carbons (Fsp3) is 0.615. The number of ether oxygens (including phenoxy) is 5. The molecule has 0 saturated carbocycles. The summed E-state index contributed by atoms with van der Waals surface area (Å²) in [6.45, 7) is 15.4. The van der Waals surface area contributed by atoms with E-state index in [4.69, 9.17) is 23.7 Å². The highest BCUT2D eigenvalue weighted by Gasteiger charge is 2.51. The van der Waals surface area contributed by atoms with Crippen molar-refractivity contribution in [3.05, 3.63) is 47.5 Å². The molecule has 0 spiro atoms. The number of benzene rings is 2. The SMILES string of the molecule is CCCCOC(=O)C(C)(CC(C)(C)C(=O)OCCOC(=O)C(C)(C)CC(C)(CC(C)(Br)C(=O)NC(Cc1ccc(O)c(O)c1)C(=O)O)C(=O)OCCCC)CC(C)(Br)C(=O)NC(Cc1ccc(O)c(O)c1)OC=O. The maximum absolute atomic E-state index is 13.9. The van der Waals surface area contributed by atoms with Crippen LogP contribution in [0.4, 0.5) is 0 Å². The highest BCUT2D eigenvalue weighted by Crippen LogP contribution is 2.46. The van der Waals surface area contributed by atoms with Gasteiger partial charge in [0, 0.05) is 12.8 Å². The predicted molar refractivity (Wildman–Crippen MR) is 276 cm³/mol. The molecule has 2 aromatic carbocycles. The Labute approximate surface area is 449 Å². The molecule has 0 saturated heterocycles. The first kappa shape index (κ1) is 64.5. The summed E-state index contributed by atoms with van der Waals surface area (Å²) in [5, 5.41) is 54.3. The van der Waals surface area contributed by atoms with Crippen molar-refractivity contribution < 1.29 is 87.6 Å². The third-order valence-electron chi connectivity index (χ3n) is 12.2. The molecule has 0 heterocycles. The molecule has 0 radical (unpaired) electrons. The summed E-state index contributed by atoms with van der Waals surface area (Å²) < 4.78 is 24.4. The highest BCUT2D eigenvalue weighted by atomic mass is 79.9. The van der Waals surface area contributed by atoms with Crippen LogP contribution >= 0.6 is 31.9 Å². The number of esters is 4. The topological polar surface area (TPSA) is 308 Å². The first-order valence-corrected chi connectivity index (χ1v) is 25.8. The van der Waals surface area contributed by atoms with E-state index in [-0.39, 0.29) is 64.0 Å². The van der Waals surface area contributed by atoms with Gasteiger partial charge in [0.1, 0.15) is 27.9 Å². The Hall–Kier alpha value is -5.64. The maximum atomic E-state index is 13.9. The van der Waals surface area contributed by atoms with Crippen molar-refractivity contribution in [1.82, 2.24) is 10.6 Å². The summed E-state index contributed by atoms with van der Waals surface area (Å²) in [5.74, 6) is -7.54. The second-order valence-electron chi connectivity index (χ2n) is 20.9. The summed E-state index contributed by atoms with van der Waals surface area (Å²) in [5.41, 5.74) is -5.18. The van der Waals surface area contributed by atoms with E-state index in [0.29, 0.717) is 36.8 Å². The van der Waals surface area contributed by atoms with Crippen molar-refractivity contribution in [3.8, 4) is 23.0 Å². The number of nitrogens with one attached hydrogen (secondary N) is 2. The Morgan fingerprint density at radius 2 is 0.932 bits per heavy atom. The van der Waals surface area contributed by atoms with Crippen LogP contribution in [-0.4, -0.2) is 121 Å². The van der Waals surface area contributed by atoms with Gasteiger partial charge in [0.2, 0.25) is 11.8 Å². The number of carboxylic acids is 1. The van der Waals surface area contributed by atoms with E-state index in [2.05, 4.69) is 42.5 Å². The van der Waals surface area contributed by atoms with Gasteiger partial charge in [0.05, 0.1) is 34.9 Å². The molecule has 6 unspecified atom stereocenters. The number of amides is 2. The number of alkyl halides is 2. The molecule has 0 bridgehead atoms. The minimum absolute atomic E-state index is 0.0574. The Balaban J connectivity index is 2.23. The number of carboxylic acid groups (broad SMARTS) is 1. The van der Waals surface area contributed by atoms with Crippen LogP contribution in [0.1, 0.15) is 132 Å². The molecular weight excluding hydrogens is 1100 g/mol. The van der Waals surface area contributed by atoms with Gasteiger partial charge in [0.15, 0.2) is 29.2 Å². The summed E-state index contributed by atoms with van der Waals surface area (Å²) in [4.78, 5) is 106. The van der Waals surface area contributed by atoms with Crippen molar-refractivity contribution in [3.63, 3.8) is 0 Å². The summed E-state index contributed by atoms with van der Waals surface area (Å²) in [6, 6.07) is 6.20. The minimum atomic E-state index is -1.60. The van der Waals surface area contributed by atoms with Gasteiger partial charge in [-0.15, -0.1) is 0 Å². The number of rotatable bonds is 32. The smallest absolute Gasteiger partial charge is 0.326 e. The normalized spacial score (nSPS) is 15.7.